The Bertz CT molecular complexity index is 1010. The molecule has 0 spiro atoms. The lowest BCUT2D eigenvalue weighted by Crippen LogP contribution is -2.25. The van der Waals surface area contributed by atoms with E-state index < -0.39 is 12.0 Å². The van der Waals surface area contributed by atoms with Crippen molar-refractivity contribution in [3.63, 3.8) is 0 Å². The van der Waals surface area contributed by atoms with Gasteiger partial charge in [-0.15, -0.1) is 0 Å². The first-order valence-corrected chi connectivity index (χ1v) is 8.88. The summed E-state index contributed by atoms with van der Waals surface area (Å²) >= 11 is 0. The first-order valence-electron chi connectivity index (χ1n) is 8.88. The van der Waals surface area contributed by atoms with Crippen molar-refractivity contribution in [3.8, 4) is 0 Å². The van der Waals surface area contributed by atoms with Crippen LogP contribution < -0.4 is 10.6 Å². The zero-order chi connectivity index (χ0) is 19.7. The van der Waals surface area contributed by atoms with Gasteiger partial charge < -0.3 is 10.6 Å². The van der Waals surface area contributed by atoms with E-state index in [2.05, 4.69) is 20.6 Å². The van der Waals surface area contributed by atoms with E-state index in [9.17, 15) is 18.0 Å². The van der Waals surface area contributed by atoms with Gasteiger partial charge in [0.25, 0.3) is 5.91 Å². The lowest BCUT2D eigenvalue weighted by atomic mass is 10.1. The van der Waals surface area contributed by atoms with Gasteiger partial charge in [0.15, 0.2) is 0 Å². The molecule has 144 valence electrons. The van der Waals surface area contributed by atoms with Gasteiger partial charge in [0.1, 0.15) is 5.82 Å². The maximum Gasteiger partial charge on any atom is 0.451 e. The first kappa shape index (κ1) is 18.2. The van der Waals surface area contributed by atoms with Gasteiger partial charge in [0.2, 0.25) is 5.82 Å². The summed E-state index contributed by atoms with van der Waals surface area (Å²) in [6, 6.07) is 13.8. The minimum atomic E-state index is -4.63. The number of fused-ring (bicyclic) bond motifs is 1. The molecule has 8 heteroatoms. The van der Waals surface area contributed by atoms with E-state index >= 15 is 0 Å². The second kappa shape index (κ2) is 7.10. The average molecular weight is 386 g/mol. The van der Waals surface area contributed by atoms with Gasteiger partial charge in [-0.2, -0.15) is 13.2 Å². The molecule has 1 fully saturated rings. The molecule has 0 unspecified atom stereocenters. The molecule has 0 atom stereocenters. The molecule has 2 aromatic carbocycles. The molecule has 1 amide bonds. The zero-order valence-corrected chi connectivity index (χ0v) is 14.8. The number of benzene rings is 2. The first-order chi connectivity index (χ1) is 13.4. The maximum absolute atomic E-state index is 13.1. The predicted molar refractivity (Wildman–Crippen MR) is 98.8 cm³/mol. The molecule has 0 radical (unpaired) electrons. The van der Waals surface area contributed by atoms with Crippen molar-refractivity contribution in [1.29, 1.82) is 0 Å². The fourth-order valence-electron chi connectivity index (χ4n) is 2.79. The van der Waals surface area contributed by atoms with E-state index in [1.54, 1.807) is 42.5 Å². The maximum atomic E-state index is 13.1. The Morgan fingerprint density at radius 1 is 1.04 bits per heavy atom. The fraction of sp³-hybridized carbons (Fsp3) is 0.250. The van der Waals surface area contributed by atoms with E-state index in [1.165, 1.54) is 6.07 Å². The van der Waals surface area contributed by atoms with E-state index in [0.29, 0.717) is 10.9 Å². The SMILES string of the molecule is O=C(NC1CC1)c1ccc(CNc2nc(C(F)(F)F)nc3ccccc23)cc1. The molecule has 0 bridgehead atoms. The summed E-state index contributed by atoms with van der Waals surface area (Å²) in [7, 11) is 0. The summed E-state index contributed by atoms with van der Waals surface area (Å²) in [4.78, 5) is 19.3. The van der Waals surface area contributed by atoms with Crippen molar-refractivity contribution in [1.82, 2.24) is 15.3 Å². The zero-order valence-electron chi connectivity index (χ0n) is 14.8. The number of halogens is 3. The van der Waals surface area contributed by atoms with E-state index in [0.717, 1.165) is 18.4 Å². The van der Waals surface area contributed by atoms with E-state index in [1.807, 2.05) is 0 Å². The normalized spacial score (nSPS) is 14.1. The van der Waals surface area contributed by atoms with Gasteiger partial charge in [0.05, 0.1) is 5.52 Å². The number of para-hydroxylation sites is 1. The van der Waals surface area contributed by atoms with Crippen LogP contribution in [0.1, 0.15) is 34.6 Å². The fourth-order valence-corrected chi connectivity index (χ4v) is 2.79. The second-order valence-corrected chi connectivity index (χ2v) is 6.71. The molecule has 3 aromatic rings. The van der Waals surface area contributed by atoms with Crippen LogP contribution in [0.15, 0.2) is 48.5 Å². The highest BCUT2D eigenvalue weighted by molar-refractivity contribution is 5.94. The third-order valence-electron chi connectivity index (χ3n) is 4.45. The number of nitrogens with zero attached hydrogens (tertiary/aromatic N) is 2. The van der Waals surface area contributed by atoms with Crippen molar-refractivity contribution < 1.29 is 18.0 Å². The van der Waals surface area contributed by atoms with Crippen LogP contribution in [-0.2, 0) is 12.7 Å². The van der Waals surface area contributed by atoms with Crippen molar-refractivity contribution in [2.75, 3.05) is 5.32 Å². The largest absolute Gasteiger partial charge is 0.451 e. The molecule has 1 aromatic heterocycles. The van der Waals surface area contributed by atoms with Crippen LogP contribution in [-0.4, -0.2) is 21.9 Å². The minimum Gasteiger partial charge on any atom is -0.365 e. The number of carbonyl (C=O) groups is 1. The summed E-state index contributed by atoms with van der Waals surface area (Å²) < 4.78 is 39.2. The van der Waals surface area contributed by atoms with Crippen molar-refractivity contribution in [2.24, 2.45) is 0 Å². The molecule has 0 aliphatic heterocycles. The topological polar surface area (TPSA) is 66.9 Å². The van der Waals surface area contributed by atoms with Gasteiger partial charge in [-0.3, -0.25) is 4.79 Å². The quantitative estimate of drug-likeness (QED) is 0.691. The highest BCUT2D eigenvalue weighted by atomic mass is 19.4. The molecule has 1 heterocycles. The van der Waals surface area contributed by atoms with Gasteiger partial charge in [-0.25, -0.2) is 9.97 Å². The number of carbonyl (C=O) groups excluding carboxylic acids is 1. The van der Waals surface area contributed by atoms with Crippen molar-refractivity contribution >= 4 is 22.6 Å². The monoisotopic (exact) mass is 386 g/mol. The lowest BCUT2D eigenvalue weighted by molar-refractivity contribution is -0.144. The summed E-state index contributed by atoms with van der Waals surface area (Å²) in [6.07, 6.45) is -2.60. The summed E-state index contributed by atoms with van der Waals surface area (Å²) in [5.74, 6) is -1.17. The van der Waals surface area contributed by atoms with Crippen molar-refractivity contribution in [3.05, 3.63) is 65.5 Å². The van der Waals surface area contributed by atoms with Crippen LogP contribution in [0.2, 0.25) is 0 Å². The number of nitrogens with one attached hydrogen (secondary N) is 2. The molecule has 28 heavy (non-hydrogen) atoms. The van der Waals surface area contributed by atoms with Crippen LogP contribution in [0.5, 0.6) is 0 Å². The smallest absolute Gasteiger partial charge is 0.365 e. The summed E-state index contributed by atoms with van der Waals surface area (Å²) in [6.45, 7) is 0.267. The lowest BCUT2D eigenvalue weighted by Gasteiger charge is -2.12. The number of amides is 1. The van der Waals surface area contributed by atoms with Gasteiger partial charge >= 0.3 is 6.18 Å². The third kappa shape index (κ3) is 4.05. The van der Waals surface area contributed by atoms with Crippen LogP contribution in [0.4, 0.5) is 19.0 Å². The molecule has 1 saturated carbocycles. The summed E-state index contributed by atoms with van der Waals surface area (Å²) in [5.41, 5.74) is 1.60. The Balaban J connectivity index is 1.52. The second-order valence-electron chi connectivity index (χ2n) is 6.71. The molecule has 4 rings (SSSR count). The number of alkyl halides is 3. The number of rotatable bonds is 5. The van der Waals surface area contributed by atoms with Gasteiger partial charge in [-0.1, -0.05) is 24.3 Å². The molecular weight excluding hydrogens is 369 g/mol. The number of aromatic nitrogens is 2. The highest BCUT2D eigenvalue weighted by Crippen LogP contribution is 2.30. The standard InChI is InChI=1S/C20H17F3N4O/c21-20(22,23)19-26-16-4-2-1-3-15(16)17(27-19)24-11-12-5-7-13(8-6-12)18(28)25-14-9-10-14/h1-8,14H,9-11H2,(H,25,28)(H,24,26,27). The van der Waals surface area contributed by atoms with E-state index in [-0.39, 0.29) is 29.8 Å². The highest BCUT2D eigenvalue weighted by Gasteiger charge is 2.35. The predicted octanol–water partition coefficient (Wildman–Crippen LogP) is 4.15. The molecule has 0 saturated heterocycles. The van der Waals surface area contributed by atoms with Crippen LogP contribution >= 0.6 is 0 Å². The van der Waals surface area contributed by atoms with Gasteiger partial charge in [-0.05, 0) is 42.7 Å². The minimum absolute atomic E-state index is 0.112. The Morgan fingerprint density at radius 3 is 2.43 bits per heavy atom. The number of hydrogen-bond donors (Lipinski definition) is 2. The number of anilines is 1. The van der Waals surface area contributed by atoms with Crippen LogP contribution in [0.25, 0.3) is 10.9 Å². The van der Waals surface area contributed by atoms with Gasteiger partial charge in [0, 0.05) is 23.5 Å². The Morgan fingerprint density at radius 2 is 1.75 bits per heavy atom. The molecular formula is C20H17F3N4O. The summed E-state index contributed by atoms with van der Waals surface area (Å²) in [5, 5.41) is 6.38. The third-order valence-corrected chi connectivity index (χ3v) is 4.45. The number of hydrogen-bond acceptors (Lipinski definition) is 4. The Hall–Kier alpha value is -3.16. The van der Waals surface area contributed by atoms with Crippen molar-refractivity contribution in [2.45, 2.75) is 31.6 Å². The Kier molecular flexibility index (Phi) is 4.62. The van der Waals surface area contributed by atoms with Crippen LogP contribution in [0.3, 0.4) is 0 Å². The molecule has 1 aliphatic rings. The Labute approximate surface area is 159 Å². The van der Waals surface area contributed by atoms with E-state index in [4.69, 9.17) is 0 Å². The molecule has 5 nitrogen and oxygen atoms in total. The molecule has 1 aliphatic carbocycles. The molecule has 2 N–H and O–H groups in total. The van der Waals surface area contributed by atoms with Crippen LogP contribution in [0, 0.1) is 0 Å². The average Bonchev–Trinajstić information content (AvgIpc) is 3.49.